The largest absolute Gasteiger partial charge is 0.350 e. The van der Waals surface area contributed by atoms with E-state index in [0.29, 0.717) is 24.2 Å². The summed E-state index contributed by atoms with van der Waals surface area (Å²) in [5.74, 6) is -0.277. The number of hydrogen-bond acceptors (Lipinski definition) is 2. The molecule has 0 saturated heterocycles. The van der Waals surface area contributed by atoms with E-state index in [-0.39, 0.29) is 17.2 Å². The van der Waals surface area contributed by atoms with Gasteiger partial charge in [0.2, 0.25) is 0 Å². The molecule has 0 spiro atoms. The van der Waals surface area contributed by atoms with Gasteiger partial charge in [-0.2, -0.15) is 0 Å². The van der Waals surface area contributed by atoms with Gasteiger partial charge in [0.1, 0.15) is 0 Å². The maximum atomic E-state index is 12.5. The molecule has 0 aliphatic heterocycles. The first-order valence-corrected chi connectivity index (χ1v) is 9.51. The maximum Gasteiger partial charge on any atom is 0.251 e. The molecule has 2 amide bonds. The molecule has 0 aromatic heterocycles. The second kappa shape index (κ2) is 8.26. The quantitative estimate of drug-likeness (QED) is 0.654. The highest BCUT2D eigenvalue weighted by Crippen LogP contribution is 2.22. The normalized spacial score (nSPS) is 11.2. The Morgan fingerprint density at radius 3 is 2.04 bits per heavy atom. The van der Waals surface area contributed by atoms with Crippen molar-refractivity contribution in [1.29, 1.82) is 0 Å². The van der Waals surface area contributed by atoms with Crippen LogP contribution in [-0.2, 0) is 5.41 Å². The van der Waals surface area contributed by atoms with Gasteiger partial charge in [0.25, 0.3) is 11.8 Å². The van der Waals surface area contributed by atoms with E-state index in [2.05, 4.69) is 31.4 Å². The van der Waals surface area contributed by atoms with Crippen LogP contribution in [0.5, 0.6) is 0 Å². The third-order valence-corrected chi connectivity index (χ3v) is 4.74. The van der Waals surface area contributed by atoms with Crippen molar-refractivity contribution in [1.82, 2.24) is 10.6 Å². The van der Waals surface area contributed by atoms with E-state index in [1.165, 1.54) is 5.56 Å². The average molecular weight is 374 g/mol. The van der Waals surface area contributed by atoms with Gasteiger partial charge in [-0.25, -0.2) is 0 Å². The summed E-state index contributed by atoms with van der Waals surface area (Å²) in [7, 11) is 0. The number of hydrogen-bond donors (Lipinski definition) is 2. The van der Waals surface area contributed by atoms with E-state index in [0.717, 1.165) is 10.8 Å². The number of benzene rings is 3. The zero-order valence-corrected chi connectivity index (χ0v) is 16.6. The molecule has 0 saturated carbocycles. The fraction of sp³-hybridized carbons (Fsp3) is 0.250. The number of carbonyl (C=O) groups excluding carboxylic acids is 2. The molecule has 4 nitrogen and oxygen atoms in total. The zero-order valence-electron chi connectivity index (χ0n) is 16.6. The van der Waals surface area contributed by atoms with Crippen molar-refractivity contribution in [2.75, 3.05) is 13.1 Å². The number of carbonyl (C=O) groups is 2. The van der Waals surface area contributed by atoms with E-state index in [1.807, 2.05) is 66.7 Å². The predicted octanol–water partition coefficient (Wildman–Crippen LogP) is 4.30. The minimum Gasteiger partial charge on any atom is -0.350 e. The van der Waals surface area contributed by atoms with Crippen LogP contribution in [0.15, 0.2) is 66.7 Å². The Morgan fingerprint density at radius 2 is 1.36 bits per heavy atom. The maximum absolute atomic E-state index is 12.5. The van der Waals surface area contributed by atoms with Gasteiger partial charge < -0.3 is 10.6 Å². The summed E-state index contributed by atoms with van der Waals surface area (Å²) in [5.41, 5.74) is 2.50. The van der Waals surface area contributed by atoms with E-state index in [9.17, 15) is 9.59 Å². The topological polar surface area (TPSA) is 58.2 Å². The molecule has 3 rings (SSSR count). The van der Waals surface area contributed by atoms with Gasteiger partial charge >= 0.3 is 0 Å². The molecular weight excluding hydrogens is 348 g/mol. The smallest absolute Gasteiger partial charge is 0.251 e. The van der Waals surface area contributed by atoms with Crippen molar-refractivity contribution in [2.24, 2.45) is 0 Å². The molecule has 0 atom stereocenters. The van der Waals surface area contributed by atoms with Crippen LogP contribution in [0, 0.1) is 0 Å². The SMILES string of the molecule is CC(C)(C)c1ccc(C(=O)NCCNC(=O)c2cccc3ccccc23)cc1. The van der Waals surface area contributed by atoms with Gasteiger partial charge in [-0.05, 0) is 39.9 Å². The van der Waals surface area contributed by atoms with Crippen molar-refractivity contribution in [3.05, 3.63) is 83.4 Å². The van der Waals surface area contributed by atoms with Gasteiger partial charge in [0.05, 0.1) is 0 Å². The van der Waals surface area contributed by atoms with Gasteiger partial charge in [-0.1, -0.05) is 69.3 Å². The number of nitrogens with one attached hydrogen (secondary N) is 2. The number of rotatable bonds is 5. The van der Waals surface area contributed by atoms with E-state index >= 15 is 0 Å². The minimum atomic E-state index is -0.139. The Hall–Kier alpha value is -3.14. The highest BCUT2D eigenvalue weighted by atomic mass is 16.2. The van der Waals surface area contributed by atoms with E-state index in [1.54, 1.807) is 0 Å². The Bertz CT molecular complexity index is 980. The van der Waals surface area contributed by atoms with E-state index in [4.69, 9.17) is 0 Å². The third-order valence-electron chi connectivity index (χ3n) is 4.74. The lowest BCUT2D eigenvalue weighted by molar-refractivity contribution is 0.0928. The first-order chi connectivity index (χ1) is 13.4. The van der Waals surface area contributed by atoms with Crippen molar-refractivity contribution in [3.8, 4) is 0 Å². The summed E-state index contributed by atoms with van der Waals surface area (Å²) in [4.78, 5) is 24.8. The highest BCUT2D eigenvalue weighted by molar-refractivity contribution is 6.07. The van der Waals surface area contributed by atoms with Gasteiger partial charge in [0, 0.05) is 24.2 Å². The van der Waals surface area contributed by atoms with Crippen molar-refractivity contribution < 1.29 is 9.59 Å². The average Bonchev–Trinajstić information content (AvgIpc) is 2.70. The first-order valence-electron chi connectivity index (χ1n) is 9.51. The van der Waals surface area contributed by atoms with Crippen molar-refractivity contribution in [3.63, 3.8) is 0 Å². The van der Waals surface area contributed by atoms with Gasteiger partial charge in [-0.3, -0.25) is 9.59 Å². The Labute approximate surface area is 166 Å². The van der Waals surface area contributed by atoms with Crippen LogP contribution in [0.2, 0.25) is 0 Å². The molecule has 4 heteroatoms. The number of fused-ring (bicyclic) bond motifs is 1. The van der Waals surface area contributed by atoms with Crippen LogP contribution >= 0.6 is 0 Å². The highest BCUT2D eigenvalue weighted by Gasteiger charge is 2.14. The van der Waals surface area contributed by atoms with Crippen LogP contribution in [0.4, 0.5) is 0 Å². The Morgan fingerprint density at radius 1 is 0.750 bits per heavy atom. The fourth-order valence-electron chi connectivity index (χ4n) is 3.09. The summed E-state index contributed by atoms with van der Waals surface area (Å²) < 4.78 is 0. The summed E-state index contributed by atoms with van der Waals surface area (Å²) in [6, 6.07) is 21.1. The molecule has 0 aliphatic rings. The molecule has 0 heterocycles. The Balaban J connectivity index is 1.52. The molecule has 3 aromatic rings. The monoisotopic (exact) mass is 374 g/mol. The summed E-state index contributed by atoms with van der Waals surface area (Å²) in [5, 5.41) is 7.67. The van der Waals surface area contributed by atoms with Crippen LogP contribution in [-0.4, -0.2) is 24.9 Å². The lowest BCUT2D eigenvalue weighted by Crippen LogP contribution is -2.34. The summed E-state index contributed by atoms with van der Waals surface area (Å²) in [6.45, 7) is 7.16. The van der Waals surface area contributed by atoms with Crippen molar-refractivity contribution in [2.45, 2.75) is 26.2 Å². The summed E-state index contributed by atoms with van der Waals surface area (Å²) >= 11 is 0. The molecule has 0 aliphatic carbocycles. The molecule has 2 N–H and O–H groups in total. The second-order valence-electron chi connectivity index (χ2n) is 7.87. The molecule has 0 unspecified atom stereocenters. The minimum absolute atomic E-state index is 0.0564. The molecule has 0 bridgehead atoms. The molecular formula is C24H26N2O2. The molecule has 0 fully saturated rings. The zero-order chi connectivity index (χ0) is 20.1. The molecule has 0 radical (unpaired) electrons. The van der Waals surface area contributed by atoms with Gasteiger partial charge in [0.15, 0.2) is 0 Å². The standard InChI is InChI=1S/C24H26N2O2/c1-24(2,3)19-13-11-18(12-14-19)22(27)25-15-16-26-23(28)21-10-6-8-17-7-4-5-9-20(17)21/h4-14H,15-16H2,1-3H3,(H,25,27)(H,26,28). The predicted molar refractivity (Wildman–Crippen MR) is 114 cm³/mol. The lowest BCUT2D eigenvalue weighted by Gasteiger charge is -2.19. The molecule has 28 heavy (non-hydrogen) atoms. The second-order valence-corrected chi connectivity index (χ2v) is 7.87. The van der Waals surface area contributed by atoms with E-state index < -0.39 is 0 Å². The van der Waals surface area contributed by atoms with Crippen LogP contribution in [0.3, 0.4) is 0 Å². The lowest BCUT2D eigenvalue weighted by atomic mass is 9.87. The fourth-order valence-corrected chi connectivity index (χ4v) is 3.09. The molecule has 3 aromatic carbocycles. The van der Waals surface area contributed by atoms with Crippen LogP contribution in [0.1, 0.15) is 47.1 Å². The van der Waals surface area contributed by atoms with Crippen molar-refractivity contribution >= 4 is 22.6 Å². The van der Waals surface area contributed by atoms with Crippen LogP contribution < -0.4 is 10.6 Å². The van der Waals surface area contributed by atoms with Gasteiger partial charge in [-0.15, -0.1) is 0 Å². The first kappa shape index (κ1) is 19.6. The van der Waals surface area contributed by atoms with Crippen LogP contribution in [0.25, 0.3) is 10.8 Å². The Kier molecular flexibility index (Phi) is 5.78. The third kappa shape index (κ3) is 4.58. The molecule has 144 valence electrons. The number of amides is 2. The summed E-state index contributed by atoms with van der Waals surface area (Å²) in [6.07, 6.45) is 0.